The summed E-state index contributed by atoms with van der Waals surface area (Å²) < 4.78 is 0. The quantitative estimate of drug-likeness (QED) is 0.150. The van der Waals surface area contributed by atoms with Gasteiger partial charge in [-0.05, 0) is 42.4 Å². The van der Waals surface area contributed by atoms with Crippen molar-refractivity contribution in [3.63, 3.8) is 0 Å². The van der Waals surface area contributed by atoms with E-state index in [0.717, 1.165) is 16.5 Å². The number of nitrogens with two attached hydrogens (primary N) is 2. The van der Waals surface area contributed by atoms with E-state index >= 15 is 0 Å². The molecule has 2 rings (SSSR count). The highest BCUT2D eigenvalue weighted by Gasteiger charge is 2.32. The molecule has 2 aromatic rings. The average Bonchev–Trinajstić information content (AvgIpc) is 3.29. The van der Waals surface area contributed by atoms with Crippen LogP contribution in [-0.2, 0) is 30.4 Å². The normalized spacial score (nSPS) is 14.3. The van der Waals surface area contributed by atoms with Crippen molar-refractivity contribution < 1.29 is 29.1 Å². The number of H-pyrrole nitrogens is 1. The van der Waals surface area contributed by atoms with Crippen LogP contribution in [0.5, 0.6) is 0 Å². The van der Waals surface area contributed by atoms with Crippen LogP contribution in [0.25, 0.3) is 10.9 Å². The summed E-state index contributed by atoms with van der Waals surface area (Å²) in [6, 6.07) is 2.99. The van der Waals surface area contributed by atoms with E-state index in [2.05, 4.69) is 20.9 Å². The molecule has 0 radical (unpaired) electrons. The third-order valence-corrected chi connectivity index (χ3v) is 6.89. The van der Waals surface area contributed by atoms with Crippen LogP contribution in [0.4, 0.5) is 0 Å². The number of aliphatic carboxylic acids is 1. The van der Waals surface area contributed by atoms with Crippen molar-refractivity contribution in [2.24, 2.45) is 17.4 Å². The molecular weight excluding hydrogens is 524 g/mol. The molecule has 0 saturated heterocycles. The second kappa shape index (κ2) is 15.1. The van der Waals surface area contributed by atoms with Gasteiger partial charge in [0.15, 0.2) is 0 Å². The Morgan fingerprint density at radius 3 is 2.23 bits per heavy atom. The zero-order valence-electron chi connectivity index (χ0n) is 22.4. The first-order chi connectivity index (χ1) is 18.4. The molecule has 1 heterocycles. The van der Waals surface area contributed by atoms with Gasteiger partial charge in [-0.3, -0.25) is 19.2 Å². The number of carboxylic acids is 1. The summed E-state index contributed by atoms with van der Waals surface area (Å²) in [6.07, 6.45) is 3.72. The number of carbonyl (C=O) groups excluding carboxylic acids is 4. The lowest BCUT2D eigenvalue weighted by atomic mass is 10.0. The van der Waals surface area contributed by atoms with Crippen molar-refractivity contribution in [1.29, 1.82) is 0 Å². The number of amides is 4. The van der Waals surface area contributed by atoms with Gasteiger partial charge in [-0.25, -0.2) is 4.79 Å². The Hall–Kier alpha value is -3.58. The third-order valence-electron chi connectivity index (χ3n) is 6.24. The number of para-hydroxylation sites is 1. The molecule has 39 heavy (non-hydrogen) atoms. The predicted molar refractivity (Wildman–Crippen MR) is 150 cm³/mol. The van der Waals surface area contributed by atoms with Crippen LogP contribution in [0.15, 0.2) is 30.5 Å². The summed E-state index contributed by atoms with van der Waals surface area (Å²) in [7, 11) is 0. The summed E-state index contributed by atoms with van der Waals surface area (Å²) in [5.41, 5.74) is 12.8. The summed E-state index contributed by atoms with van der Waals surface area (Å²) in [6.45, 7) is 3.31. The SMILES string of the molecule is CSCCC(N)C(=O)NC(CCC(N)=O)C(=O)NC(Cc1c[nH]c2ccccc12)C(=O)NC(C(=O)O)C(C)C. The summed E-state index contributed by atoms with van der Waals surface area (Å²) in [5.74, 6) is -3.65. The zero-order valence-corrected chi connectivity index (χ0v) is 23.2. The van der Waals surface area contributed by atoms with E-state index in [1.54, 1.807) is 20.0 Å². The molecule has 0 aliphatic rings. The van der Waals surface area contributed by atoms with Crippen molar-refractivity contribution in [3.8, 4) is 0 Å². The molecule has 9 N–H and O–H groups in total. The third kappa shape index (κ3) is 9.59. The van der Waals surface area contributed by atoms with Crippen LogP contribution < -0.4 is 27.4 Å². The molecule has 0 spiro atoms. The minimum Gasteiger partial charge on any atom is -0.480 e. The molecular formula is C26H38N6O6S. The summed E-state index contributed by atoms with van der Waals surface area (Å²) >= 11 is 1.52. The Bertz CT molecular complexity index is 1170. The van der Waals surface area contributed by atoms with Gasteiger partial charge in [-0.2, -0.15) is 11.8 Å². The lowest BCUT2D eigenvalue weighted by molar-refractivity contribution is -0.143. The molecule has 13 heteroatoms. The molecule has 0 fully saturated rings. The lowest BCUT2D eigenvalue weighted by Gasteiger charge is -2.26. The van der Waals surface area contributed by atoms with Crippen LogP contribution in [0.3, 0.4) is 0 Å². The Labute approximate surface area is 231 Å². The van der Waals surface area contributed by atoms with Crippen LogP contribution in [0, 0.1) is 5.92 Å². The molecule has 1 aromatic heterocycles. The van der Waals surface area contributed by atoms with Gasteiger partial charge in [0.25, 0.3) is 0 Å². The smallest absolute Gasteiger partial charge is 0.326 e. The van der Waals surface area contributed by atoms with Crippen LogP contribution in [0.1, 0.15) is 38.7 Å². The Balaban J connectivity index is 2.32. The van der Waals surface area contributed by atoms with Gasteiger partial charge >= 0.3 is 5.97 Å². The van der Waals surface area contributed by atoms with Crippen molar-refractivity contribution in [2.45, 2.75) is 63.7 Å². The van der Waals surface area contributed by atoms with Crippen LogP contribution in [0.2, 0.25) is 0 Å². The van der Waals surface area contributed by atoms with E-state index in [4.69, 9.17) is 11.5 Å². The van der Waals surface area contributed by atoms with E-state index in [-0.39, 0.29) is 19.3 Å². The van der Waals surface area contributed by atoms with Gasteiger partial charge in [-0.15, -0.1) is 0 Å². The maximum absolute atomic E-state index is 13.4. The number of nitrogens with one attached hydrogen (secondary N) is 4. The van der Waals surface area contributed by atoms with E-state index in [0.29, 0.717) is 12.2 Å². The van der Waals surface area contributed by atoms with E-state index in [1.165, 1.54) is 11.8 Å². The lowest BCUT2D eigenvalue weighted by Crippen LogP contribution is -2.58. The molecule has 4 atom stereocenters. The number of aromatic amines is 1. The number of carbonyl (C=O) groups is 5. The monoisotopic (exact) mass is 562 g/mol. The summed E-state index contributed by atoms with van der Waals surface area (Å²) in [5, 5.41) is 18.1. The number of aromatic nitrogens is 1. The first kappa shape index (κ1) is 31.6. The summed E-state index contributed by atoms with van der Waals surface area (Å²) in [4.78, 5) is 65.6. The number of benzene rings is 1. The number of hydrogen-bond donors (Lipinski definition) is 7. The van der Waals surface area contributed by atoms with Gasteiger partial charge in [0.2, 0.25) is 23.6 Å². The van der Waals surface area contributed by atoms with Crippen molar-refractivity contribution in [3.05, 3.63) is 36.0 Å². The molecule has 1 aromatic carbocycles. The highest BCUT2D eigenvalue weighted by molar-refractivity contribution is 7.98. The van der Waals surface area contributed by atoms with E-state index in [9.17, 15) is 29.1 Å². The molecule has 0 saturated carbocycles. The maximum atomic E-state index is 13.4. The second-order valence-electron chi connectivity index (χ2n) is 9.65. The predicted octanol–water partition coefficient (Wildman–Crippen LogP) is 0.251. The van der Waals surface area contributed by atoms with E-state index < -0.39 is 59.7 Å². The number of hydrogen-bond acceptors (Lipinski definition) is 7. The second-order valence-corrected chi connectivity index (χ2v) is 10.6. The van der Waals surface area contributed by atoms with Crippen molar-refractivity contribution >= 4 is 52.3 Å². The topological polar surface area (TPSA) is 209 Å². The zero-order chi connectivity index (χ0) is 29.1. The van der Waals surface area contributed by atoms with Gasteiger partial charge in [0.1, 0.15) is 18.1 Å². The molecule has 0 bridgehead atoms. The fourth-order valence-electron chi connectivity index (χ4n) is 3.98. The van der Waals surface area contributed by atoms with Crippen LogP contribution in [-0.4, -0.2) is 75.9 Å². The maximum Gasteiger partial charge on any atom is 0.326 e. The number of primary amides is 1. The molecule has 214 valence electrons. The van der Waals surface area contributed by atoms with Crippen molar-refractivity contribution in [2.75, 3.05) is 12.0 Å². The number of thioether (sulfide) groups is 1. The molecule has 12 nitrogen and oxygen atoms in total. The largest absolute Gasteiger partial charge is 0.480 e. The van der Waals surface area contributed by atoms with Crippen molar-refractivity contribution in [1.82, 2.24) is 20.9 Å². The Morgan fingerprint density at radius 1 is 0.974 bits per heavy atom. The minimum atomic E-state index is -1.21. The van der Waals surface area contributed by atoms with Gasteiger partial charge in [0.05, 0.1) is 6.04 Å². The molecule has 0 aliphatic heterocycles. The fourth-order valence-corrected chi connectivity index (χ4v) is 4.47. The van der Waals surface area contributed by atoms with Gasteiger partial charge in [-0.1, -0.05) is 32.0 Å². The van der Waals surface area contributed by atoms with Gasteiger partial charge in [0, 0.05) is 29.9 Å². The molecule has 4 unspecified atom stereocenters. The average molecular weight is 563 g/mol. The Kier molecular flexibility index (Phi) is 12.3. The number of rotatable bonds is 16. The fraction of sp³-hybridized carbons (Fsp3) is 0.500. The van der Waals surface area contributed by atoms with E-state index in [1.807, 2.05) is 30.5 Å². The first-order valence-corrected chi connectivity index (χ1v) is 14.1. The number of fused-ring (bicyclic) bond motifs is 1. The van der Waals surface area contributed by atoms with Crippen LogP contribution >= 0.6 is 11.8 Å². The highest BCUT2D eigenvalue weighted by Crippen LogP contribution is 2.19. The number of carboxylic acid groups (broad SMARTS) is 1. The Morgan fingerprint density at radius 2 is 1.62 bits per heavy atom. The molecule has 4 amide bonds. The minimum absolute atomic E-state index is 0.0374. The van der Waals surface area contributed by atoms with Gasteiger partial charge < -0.3 is 37.5 Å². The standard InChI is InChI=1S/C26H38N6O6S/c1-14(2)22(26(37)38)32-25(36)20(12-15-13-29-18-7-5-4-6-16(15)18)31-24(35)19(8-9-21(28)33)30-23(34)17(27)10-11-39-3/h4-7,13-14,17,19-20,22,29H,8-12,27H2,1-3H3,(H2,28,33)(H,30,34)(H,31,35)(H,32,36)(H,37,38). The first-order valence-electron chi connectivity index (χ1n) is 12.7. The highest BCUT2D eigenvalue weighted by atomic mass is 32.2. The molecule has 0 aliphatic carbocycles.